The fourth-order valence-electron chi connectivity index (χ4n) is 2.56. The summed E-state index contributed by atoms with van der Waals surface area (Å²) in [4.78, 5) is 6.94. The average Bonchev–Trinajstić information content (AvgIpc) is 2.94. The van der Waals surface area contributed by atoms with Crippen molar-refractivity contribution < 1.29 is 4.39 Å². The molecule has 0 spiro atoms. The van der Waals surface area contributed by atoms with Crippen LogP contribution in [0.5, 0.6) is 0 Å². The van der Waals surface area contributed by atoms with E-state index in [1.54, 1.807) is 23.5 Å². The highest BCUT2D eigenvalue weighted by molar-refractivity contribution is 7.18. The van der Waals surface area contributed by atoms with E-state index in [-0.39, 0.29) is 18.2 Å². The Morgan fingerprint density at radius 1 is 1.47 bits per heavy atom. The third kappa shape index (κ3) is 3.05. The molecular formula is C13H17ClFN3S. The van der Waals surface area contributed by atoms with Gasteiger partial charge in [0.2, 0.25) is 0 Å². The maximum absolute atomic E-state index is 13.1. The van der Waals surface area contributed by atoms with Crippen LogP contribution >= 0.6 is 23.7 Å². The van der Waals surface area contributed by atoms with Gasteiger partial charge in [-0.1, -0.05) is 0 Å². The molecule has 104 valence electrons. The van der Waals surface area contributed by atoms with Crippen molar-refractivity contribution in [1.82, 2.24) is 9.88 Å². The van der Waals surface area contributed by atoms with Gasteiger partial charge in [-0.2, -0.15) is 0 Å². The lowest BCUT2D eigenvalue weighted by molar-refractivity contribution is 0.250. The Bertz CT molecular complexity index is 560. The van der Waals surface area contributed by atoms with Gasteiger partial charge in [-0.15, -0.1) is 23.7 Å². The molecule has 1 unspecified atom stereocenters. The van der Waals surface area contributed by atoms with Crippen molar-refractivity contribution in [3.63, 3.8) is 0 Å². The quantitative estimate of drug-likeness (QED) is 0.948. The van der Waals surface area contributed by atoms with Crippen LogP contribution in [0.3, 0.4) is 0 Å². The number of halogens is 2. The Hall–Kier alpha value is -0.750. The zero-order chi connectivity index (χ0) is 12.5. The summed E-state index contributed by atoms with van der Waals surface area (Å²) in [5, 5.41) is 1.05. The molecule has 2 heterocycles. The molecule has 1 saturated heterocycles. The molecule has 1 aromatic heterocycles. The van der Waals surface area contributed by atoms with E-state index >= 15 is 0 Å². The molecule has 3 nitrogen and oxygen atoms in total. The van der Waals surface area contributed by atoms with Gasteiger partial charge in [-0.05, 0) is 37.6 Å². The Kier molecular flexibility index (Phi) is 4.73. The minimum absolute atomic E-state index is 0. The highest BCUT2D eigenvalue weighted by Crippen LogP contribution is 2.26. The van der Waals surface area contributed by atoms with Gasteiger partial charge < -0.3 is 5.73 Å². The molecule has 0 bridgehead atoms. The monoisotopic (exact) mass is 301 g/mol. The number of benzene rings is 1. The van der Waals surface area contributed by atoms with Gasteiger partial charge in [-0.25, -0.2) is 9.37 Å². The van der Waals surface area contributed by atoms with Crippen molar-refractivity contribution in [3.8, 4) is 0 Å². The molecule has 1 fully saturated rings. The number of thiazole rings is 1. The molecule has 1 aromatic carbocycles. The molecule has 2 N–H and O–H groups in total. The predicted octanol–water partition coefficient (Wildman–Crippen LogP) is 2.78. The molecule has 2 aromatic rings. The van der Waals surface area contributed by atoms with Gasteiger partial charge in [0.05, 0.1) is 16.8 Å². The summed E-state index contributed by atoms with van der Waals surface area (Å²) in [5.41, 5.74) is 6.65. The molecule has 0 radical (unpaired) electrons. The number of nitrogens with zero attached hydrogens (tertiary/aromatic N) is 2. The van der Waals surface area contributed by atoms with Crippen LogP contribution in [0.25, 0.3) is 10.2 Å². The van der Waals surface area contributed by atoms with Crippen LogP contribution in [0.15, 0.2) is 18.2 Å². The first-order valence-corrected chi connectivity index (χ1v) is 7.07. The fraction of sp³-hybridized carbons (Fsp3) is 0.462. The summed E-state index contributed by atoms with van der Waals surface area (Å²) >= 11 is 1.58. The van der Waals surface area contributed by atoms with Gasteiger partial charge in [0.15, 0.2) is 0 Å². The number of likely N-dealkylation sites (tertiary alicyclic amines) is 1. The fourth-order valence-corrected chi connectivity index (χ4v) is 3.58. The normalized spacial score (nSPS) is 19.8. The number of rotatable bonds is 3. The second kappa shape index (κ2) is 6.13. The van der Waals surface area contributed by atoms with Gasteiger partial charge in [0.1, 0.15) is 10.8 Å². The zero-order valence-electron chi connectivity index (χ0n) is 10.5. The number of nitrogens with two attached hydrogens (primary N) is 1. The Balaban J connectivity index is 0.00000133. The molecule has 1 atom stereocenters. The Labute approximate surface area is 122 Å². The van der Waals surface area contributed by atoms with Crippen LogP contribution in [-0.2, 0) is 6.54 Å². The van der Waals surface area contributed by atoms with E-state index in [4.69, 9.17) is 5.73 Å². The van der Waals surface area contributed by atoms with E-state index < -0.39 is 0 Å². The molecule has 0 amide bonds. The van der Waals surface area contributed by atoms with Crippen LogP contribution in [0.1, 0.15) is 17.8 Å². The summed E-state index contributed by atoms with van der Waals surface area (Å²) in [5.74, 6) is -0.196. The molecule has 3 rings (SSSR count). The third-order valence-electron chi connectivity index (χ3n) is 3.50. The third-order valence-corrected chi connectivity index (χ3v) is 4.51. The highest BCUT2D eigenvalue weighted by atomic mass is 35.5. The first kappa shape index (κ1) is 14.7. The summed E-state index contributed by atoms with van der Waals surface area (Å²) in [6, 6.07) is 5.24. The van der Waals surface area contributed by atoms with Crippen molar-refractivity contribution in [2.75, 3.05) is 13.1 Å². The van der Waals surface area contributed by atoms with E-state index in [9.17, 15) is 4.39 Å². The first-order valence-electron chi connectivity index (χ1n) is 6.25. The summed E-state index contributed by atoms with van der Waals surface area (Å²) in [6.07, 6.45) is 2.39. The van der Waals surface area contributed by atoms with E-state index in [0.29, 0.717) is 12.6 Å². The van der Waals surface area contributed by atoms with Gasteiger partial charge in [-0.3, -0.25) is 4.90 Å². The molecule has 1 aliphatic rings. The van der Waals surface area contributed by atoms with E-state index in [1.165, 1.54) is 18.9 Å². The lowest BCUT2D eigenvalue weighted by Crippen LogP contribution is -2.34. The van der Waals surface area contributed by atoms with E-state index in [2.05, 4.69) is 9.88 Å². The standard InChI is InChI=1S/C13H16FN3S.ClH/c14-9-3-4-11-12(6-9)18-13(16-11)8-17-5-1-2-10(17)7-15;/h3-4,6,10H,1-2,5,7-8,15H2;1H. The first-order chi connectivity index (χ1) is 8.76. The van der Waals surface area contributed by atoms with Crippen LogP contribution < -0.4 is 5.73 Å². The second-order valence-corrected chi connectivity index (χ2v) is 5.84. The molecule has 0 saturated carbocycles. The van der Waals surface area contributed by atoms with Crippen LogP contribution in [0.4, 0.5) is 4.39 Å². The number of aromatic nitrogens is 1. The van der Waals surface area contributed by atoms with E-state index in [1.807, 2.05) is 0 Å². The summed E-state index contributed by atoms with van der Waals surface area (Å²) < 4.78 is 14.0. The van der Waals surface area contributed by atoms with Crippen LogP contribution in [0.2, 0.25) is 0 Å². The molecule has 0 aliphatic carbocycles. The molecule has 19 heavy (non-hydrogen) atoms. The minimum Gasteiger partial charge on any atom is -0.329 e. The van der Waals surface area contributed by atoms with Crippen molar-refractivity contribution in [1.29, 1.82) is 0 Å². The lowest BCUT2D eigenvalue weighted by Gasteiger charge is -2.21. The Morgan fingerprint density at radius 2 is 2.32 bits per heavy atom. The summed E-state index contributed by atoms with van der Waals surface area (Å²) in [6.45, 7) is 2.63. The van der Waals surface area contributed by atoms with Crippen molar-refractivity contribution in [2.45, 2.75) is 25.4 Å². The van der Waals surface area contributed by atoms with Crippen molar-refractivity contribution in [2.24, 2.45) is 5.73 Å². The van der Waals surface area contributed by atoms with Crippen molar-refractivity contribution in [3.05, 3.63) is 29.0 Å². The molecule has 6 heteroatoms. The molecular weight excluding hydrogens is 285 g/mol. The van der Waals surface area contributed by atoms with Crippen LogP contribution in [0, 0.1) is 5.82 Å². The number of hydrogen-bond donors (Lipinski definition) is 1. The van der Waals surface area contributed by atoms with Crippen molar-refractivity contribution >= 4 is 34.0 Å². The lowest BCUT2D eigenvalue weighted by atomic mass is 10.2. The van der Waals surface area contributed by atoms with Crippen LogP contribution in [-0.4, -0.2) is 29.0 Å². The second-order valence-electron chi connectivity index (χ2n) is 4.72. The maximum Gasteiger partial charge on any atom is 0.124 e. The average molecular weight is 302 g/mol. The topological polar surface area (TPSA) is 42.1 Å². The molecule has 1 aliphatic heterocycles. The van der Waals surface area contributed by atoms with Gasteiger partial charge in [0, 0.05) is 12.6 Å². The van der Waals surface area contributed by atoms with Gasteiger partial charge >= 0.3 is 0 Å². The van der Waals surface area contributed by atoms with Gasteiger partial charge in [0.25, 0.3) is 0 Å². The maximum atomic E-state index is 13.1. The SMILES string of the molecule is Cl.NCC1CCCN1Cc1nc2ccc(F)cc2s1. The minimum atomic E-state index is -0.196. The van der Waals surface area contributed by atoms with E-state index in [0.717, 1.165) is 28.3 Å². The summed E-state index contributed by atoms with van der Waals surface area (Å²) in [7, 11) is 0. The zero-order valence-corrected chi connectivity index (χ0v) is 12.1. The number of fused-ring (bicyclic) bond motifs is 1. The number of hydrogen-bond acceptors (Lipinski definition) is 4. The predicted molar refractivity (Wildman–Crippen MR) is 79.3 cm³/mol. The smallest absolute Gasteiger partial charge is 0.124 e. The largest absolute Gasteiger partial charge is 0.329 e. The Morgan fingerprint density at radius 3 is 3.11 bits per heavy atom. The highest BCUT2D eigenvalue weighted by Gasteiger charge is 2.23.